The summed E-state index contributed by atoms with van der Waals surface area (Å²) in [6.45, 7) is 3.18. The summed E-state index contributed by atoms with van der Waals surface area (Å²) in [5, 5.41) is -0.235. The first-order valence-corrected chi connectivity index (χ1v) is 16.8. The van der Waals surface area contributed by atoms with Crippen LogP contribution in [0.1, 0.15) is 5.56 Å². The molecule has 0 aliphatic carbocycles. The molecule has 1 fully saturated rings. The van der Waals surface area contributed by atoms with Crippen LogP contribution in [0.4, 0.5) is 11.8 Å². The summed E-state index contributed by atoms with van der Waals surface area (Å²) < 4.78 is 80.4. The molecule has 3 heterocycles. The molecule has 2 N–H and O–H groups in total. The number of benzene rings is 2. The zero-order valence-corrected chi connectivity index (χ0v) is 26.2. The van der Waals surface area contributed by atoms with Gasteiger partial charge in [0.05, 0.1) is 25.2 Å². The number of hydrogen-bond acceptors (Lipinski definition) is 12. The number of hydrogen-bond donors (Lipinski definition) is 2. The zero-order valence-electron chi connectivity index (χ0n) is 24.5. The first kappa shape index (κ1) is 31.9. The smallest absolute Gasteiger partial charge is 0.280 e. The second-order valence-electron chi connectivity index (χ2n) is 9.70. The van der Waals surface area contributed by atoms with E-state index in [1.54, 1.807) is 55.5 Å². The molecule has 1 saturated heterocycles. The molecule has 0 radical (unpaired) electrons. The minimum absolute atomic E-state index is 0.100. The van der Waals surface area contributed by atoms with E-state index in [1.807, 2.05) is 4.90 Å². The number of methoxy groups -OCH3 is 1. The molecule has 0 spiro atoms. The highest BCUT2D eigenvalue weighted by Crippen LogP contribution is 2.41. The quantitative estimate of drug-likeness (QED) is 0.202. The highest BCUT2D eigenvalue weighted by atomic mass is 32.2. The Hall–Kier alpha value is -4.51. The van der Waals surface area contributed by atoms with Crippen molar-refractivity contribution in [1.29, 1.82) is 0 Å². The van der Waals surface area contributed by atoms with Crippen molar-refractivity contribution in [2.75, 3.05) is 56.2 Å². The topological polar surface area (TPSA) is 171 Å². The van der Waals surface area contributed by atoms with Crippen LogP contribution in [0.25, 0.3) is 0 Å². The van der Waals surface area contributed by atoms with Gasteiger partial charge in [0.1, 0.15) is 6.61 Å². The van der Waals surface area contributed by atoms with Gasteiger partial charge in [0, 0.05) is 25.8 Å². The molecule has 1 aliphatic rings. The Morgan fingerprint density at radius 2 is 1.60 bits per heavy atom. The van der Waals surface area contributed by atoms with E-state index in [1.165, 1.54) is 31.5 Å². The van der Waals surface area contributed by atoms with Crippen molar-refractivity contribution < 1.29 is 35.8 Å². The molecule has 2 aromatic carbocycles. The molecule has 5 rings (SSSR count). The van der Waals surface area contributed by atoms with Crippen LogP contribution in [0.5, 0.6) is 23.1 Å². The van der Waals surface area contributed by atoms with E-state index in [2.05, 4.69) is 24.4 Å². The average molecular weight is 657 g/mol. The Morgan fingerprint density at radius 3 is 2.29 bits per heavy atom. The van der Waals surface area contributed by atoms with Crippen LogP contribution in [0, 0.1) is 6.92 Å². The van der Waals surface area contributed by atoms with Gasteiger partial charge < -0.3 is 23.8 Å². The van der Waals surface area contributed by atoms with Gasteiger partial charge in [-0.05, 0) is 42.8 Å². The Kier molecular flexibility index (Phi) is 9.97. The summed E-state index contributed by atoms with van der Waals surface area (Å²) in [6, 6.07) is 17.6. The maximum atomic E-state index is 13.5. The molecule has 2 aromatic heterocycles. The SMILES string of the molecule is COc1ccccc1Oc1c(NS(=O)(=O)c2ccc(C)cn2)nc(N2CCOCC2)nc1OCCNS(=O)(=O)c1ccccc1. The molecule has 16 heteroatoms. The summed E-state index contributed by atoms with van der Waals surface area (Å²) in [4.78, 5) is 15.0. The summed E-state index contributed by atoms with van der Waals surface area (Å²) in [5.41, 5.74) is 0.782. The predicted octanol–water partition coefficient (Wildman–Crippen LogP) is 2.98. The first-order valence-electron chi connectivity index (χ1n) is 13.8. The maximum Gasteiger partial charge on any atom is 0.280 e. The van der Waals surface area contributed by atoms with Gasteiger partial charge in [-0.3, -0.25) is 4.72 Å². The molecule has 1 aliphatic heterocycles. The largest absolute Gasteiger partial charge is 0.493 e. The van der Waals surface area contributed by atoms with Crippen molar-refractivity contribution in [2.45, 2.75) is 16.8 Å². The summed E-state index contributed by atoms with van der Waals surface area (Å²) in [6.07, 6.45) is 1.44. The van der Waals surface area contributed by atoms with Crippen LogP contribution in [0.3, 0.4) is 0 Å². The van der Waals surface area contributed by atoms with Gasteiger partial charge in [-0.15, -0.1) is 0 Å². The van der Waals surface area contributed by atoms with Crippen molar-refractivity contribution in [2.24, 2.45) is 0 Å². The van der Waals surface area contributed by atoms with Gasteiger partial charge in [-0.25, -0.2) is 18.1 Å². The standard InChI is InChI=1S/C29H32N6O8S2/c1-21-12-13-25(30-20-21)45(38,39)34-27-26(43-24-11-7-6-10-23(24)40-2)28(33-29(32-27)35-15-18-41-19-16-35)42-17-14-31-44(36,37)22-8-4-3-5-9-22/h3-13,20,31H,14-19H2,1-2H3,(H,32,33,34). The van der Waals surface area contributed by atoms with Crippen molar-refractivity contribution >= 4 is 31.8 Å². The first-order chi connectivity index (χ1) is 21.7. The molecule has 0 atom stereocenters. The highest BCUT2D eigenvalue weighted by Gasteiger charge is 2.27. The lowest BCUT2D eigenvalue weighted by Gasteiger charge is -2.28. The van der Waals surface area contributed by atoms with Crippen LogP contribution < -0.4 is 28.6 Å². The van der Waals surface area contributed by atoms with E-state index in [9.17, 15) is 16.8 Å². The molecule has 45 heavy (non-hydrogen) atoms. The zero-order chi connectivity index (χ0) is 31.9. The summed E-state index contributed by atoms with van der Waals surface area (Å²) in [7, 11) is -6.60. The number of pyridine rings is 1. The van der Waals surface area contributed by atoms with E-state index in [0.29, 0.717) is 32.1 Å². The Morgan fingerprint density at radius 1 is 0.889 bits per heavy atom. The van der Waals surface area contributed by atoms with Crippen molar-refractivity contribution in [3.63, 3.8) is 0 Å². The van der Waals surface area contributed by atoms with Gasteiger partial charge in [-0.2, -0.15) is 18.4 Å². The monoisotopic (exact) mass is 656 g/mol. The van der Waals surface area contributed by atoms with Crippen LogP contribution in [0.15, 0.2) is 82.8 Å². The number of aryl methyl sites for hydroxylation is 1. The molecule has 238 valence electrons. The second-order valence-corrected chi connectivity index (χ2v) is 13.1. The average Bonchev–Trinajstić information content (AvgIpc) is 3.05. The van der Waals surface area contributed by atoms with Crippen molar-refractivity contribution in [3.05, 3.63) is 78.5 Å². The van der Waals surface area contributed by atoms with Gasteiger partial charge in [-0.1, -0.05) is 36.4 Å². The molecule has 14 nitrogen and oxygen atoms in total. The molecule has 0 unspecified atom stereocenters. The lowest BCUT2D eigenvalue weighted by atomic mass is 10.3. The van der Waals surface area contributed by atoms with Crippen LogP contribution in [-0.2, 0) is 24.8 Å². The molecular formula is C29H32N6O8S2. The Labute approximate surface area is 261 Å². The minimum Gasteiger partial charge on any atom is -0.493 e. The Balaban J connectivity index is 1.52. The number of nitrogens with zero attached hydrogens (tertiary/aromatic N) is 4. The van der Waals surface area contributed by atoms with Gasteiger partial charge >= 0.3 is 0 Å². The fourth-order valence-electron chi connectivity index (χ4n) is 4.19. The van der Waals surface area contributed by atoms with E-state index in [-0.39, 0.29) is 52.2 Å². The third-order valence-corrected chi connectivity index (χ3v) is 9.21. The minimum atomic E-state index is -4.25. The number of para-hydroxylation sites is 2. The maximum absolute atomic E-state index is 13.5. The number of morpholine rings is 1. The van der Waals surface area contributed by atoms with Gasteiger partial charge in [0.25, 0.3) is 15.9 Å². The Bertz CT molecular complexity index is 1820. The number of ether oxygens (including phenoxy) is 4. The van der Waals surface area contributed by atoms with Crippen LogP contribution >= 0.6 is 0 Å². The number of sulfonamides is 2. The summed E-state index contributed by atoms with van der Waals surface area (Å²) >= 11 is 0. The molecule has 4 aromatic rings. The van der Waals surface area contributed by atoms with E-state index < -0.39 is 20.0 Å². The molecule has 0 amide bonds. The van der Waals surface area contributed by atoms with E-state index in [0.717, 1.165) is 5.56 Å². The molecule has 0 saturated carbocycles. The van der Waals surface area contributed by atoms with E-state index >= 15 is 0 Å². The van der Waals surface area contributed by atoms with E-state index in [4.69, 9.17) is 18.9 Å². The normalized spacial score (nSPS) is 13.7. The van der Waals surface area contributed by atoms with Crippen molar-refractivity contribution in [1.82, 2.24) is 19.7 Å². The number of nitrogens with one attached hydrogen (secondary N) is 2. The van der Waals surface area contributed by atoms with Crippen LogP contribution in [-0.4, -0.2) is 78.4 Å². The third kappa shape index (κ3) is 7.96. The second kappa shape index (κ2) is 14.1. The fraction of sp³-hybridized carbons (Fsp3) is 0.276. The van der Waals surface area contributed by atoms with Gasteiger partial charge in [0.15, 0.2) is 22.3 Å². The van der Waals surface area contributed by atoms with Gasteiger partial charge in [0.2, 0.25) is 21.7 Å². The summed E-state index contributed by atoms with van der Waals surface area (Å²) in [5.74, 6) is 0.209. The lowest BCUT2D eigenvalue weighted by molar-refractivity contribution is 0.122. The van der Waals surface area contributed by atoms with Crippen molar-refractivity contribution in [3.8, 4) is 23.1 Å². The molecule has 0 bridgehead atoms. The predicted molar refractivity (Wildman–Crippen MR) is 165 cm³/mol. The number of anilines is 2. The molecular weight excluding hydrogens is 624 g/mol. The number of aromatic nitrogens is 3. The highest BCUT2D eigenvalue weighted by molar-refractivity contribution is 7.92. The lowest BCUT2D eigenvalue weighted by Crippen LogP contribution is -2.37. The van der Waals surface area contributed by atoms with Crippen LogP contribution in [0.2, 0.25) is 0 Å². The fourth-order valence-corrected chi connectivity index (χ4v) is 6.17. The third-order valence-electron chi connectivity index (χ3n) is 6.47. The number of rotatable bonds is 13.